The van der Waals surface area contributed by atoms with Crippen LogP contribution in [0, 0.1) is 6.92 Å². The summed E-state index contributed by atoms with van der Waals surface area (Å²) in [6.45, 7) is 2.92. The Hall–Kier alpha value is -2.83. The molecule has 6 heteroatoms. The topological polar surface area (TPSA) is 65.2 Å². The third-order valence-electron chi connectivity index (χ3n) is 5.24. The van der Waals surface area contributed by atoms with Gasteiger partial charge in [0.2, 0.25) is 0 Å². The second kappa shape index (κ2) is 7.54. The van der Waals surface area contributed by atoms with Crippen LogP contribution in [0.3, 0.4) is 0 Å². The van der Waals surface area contributed by atoms with Gasteiger partial charge in [-0.15, -0.1) is 0 Å². The summed E-state index contributed by atoms with van der Waals surface area (Å²) in [6.07, 6.45) is 2.89. The molecule has 0 unspecified atom stereocenters. The number of nitrogens with zero attached hydrogens (tertiary/aromatic N) is 1. The minimum absolute atomic E-state index is 0.292. The van der Waals surface area contributed by atoms with Crippen molar-refractivity contribution in [2.75, 3.05) is 25.4 Å². The zero-order valence-corrected chi connectivity index (χ0v) is 17.7. The van der Waals surface area contributed by atoms with Gasteiger partial charge in [0.25, 0.3) is 10.0 Å². The van der Waals surface area contributed by atoms with Gasteiger partial charge >= 0.3 is 0 Å². The van der Waals surface area contributed by atoms with Crippen molar-refractivity contribution in [3.63, 3.8) is 0 Å². The first kappa shape index (κ1) is 19.5. The average Bonchev–Trinajstić information content (AvgIpc) is 3.08. The third kappa shape index (κ3) is 3.86. The van der Waals surface area contributed by atoms with Gasteiger partial charge in [-0.1, -0.05) is 30.3 Å². The Morgan fingerprint density at radius 2 is 1.72 bits per heavy atom. The van der Waals surface area contributed by atoms with Crippen LogP contribution in [0.25, 0.3) is 21.7 Å². The van der Waals surface area contributed by atoms with Crippen LogP contribution in [0.2, 0.25) is 0 Å². The number of sulfonamides is 1. The van der Waals surface area contributed by atoms with E-state index < -0.39 is 10.0 Å². The summed E-state index contributed by atoms with van der Waals surface area (Å²) >= 11 is 0. The van der Waals surface area contributed by atoms with E-state index in [0.29, 0.717) is 10.6 Å². The molecule has 4 aromatic rings. The molecule has 1 heterocycles. The van der Waals surface area contributed by atoms with Crippen molar-refractivity contribution in [3.8, 4) is 0 Å². The normalized spacial score (nSPS) is 12.1. The van der Waals surface area contributed by atoms with Crippen LogP contribution in [-0.4, -0.2) is 38.9 Å². The number of rotatable bonds is 6. The lowest BCUT2D eigenvalue weighted by molar-refractivity contribution is 0.414. The van der Waals surface area contributed by atoms with E-state index in [1.54, 1.807) is 12.1 Å². The quantitative estimate of drug-likeness (QED) is 0.493. The molecule has 150 valence electrons. The number of anilines is 1. The van der Waals surface area contributed by atoms with E-state index in [0.717, 1.165) is 40.2 Å². The molecular weight excluding hydrogens is 382 g/mol. The molecule has 4 rings (SSSR count). The maximum Gasteiger partial charge on any atom is 0.262 e. The fourth-order valence-corrected chi connectivity index (χ4v) is 4.92. The lowest BCUT2D eigenvalue weighted by Gasteiger charge is -2.12. The zero-order valence-electron chi connectivity index (χ0n) is 16.9. The molecule has 2 N–H and O–H groups in total. The summed E-state index contributed by atoms with van der Waals surface area (Å²) in [6, 6.07) is 16.7. The lowest BCUT2D eigenvalue weighted by atomic mass is 10.1. The van der Waals surface area contributed by atoms with Crippen LogP contribution in [0.4, 0.5) is 5.69 Å². The van der Waals surface area contributed by atoms with Crippen LogP contribution in [0.1, 0.15) is 11.1 Å². The Balaban J connectivity index is 1.71. The molecule has 0 saturated heterocycles. The van der Waals surface area contributed by atoms with E-state index in [-0.39, 0.29) is 0 Å². The van der Waals surface area contributed by atoms with Gasteiger partial charge in [0.1, 0.15) is 0 Å². The van der Waals surface area contributed by atoms with E-state index in [4.69, 9.17) is 0 Å². The first-order valence-corrected chi connectivity index (χ1v) is 11.1. The van der Waals surface area contributed by atoms with Gasteiger partial charge in [-0.3, -0.25) is 4.72 Å². The molecule has 3 aromatic carbocycles. The SMILES string of the molecule is Cc1ccc(S(=O)(=O)Nc2ccc3[nH]cc(CCN(C)C)c3c2)c2ccccc12. The maximum atomic E-state index is 13.2. The van der Waals surface area contributed by atoms with Gasteiger partial charge < -0.3 is 9.88 Å². The molecule has 0 fully saturated rings. The van der Waals surface area contributed by atoms with Crippen molar-refractivity contribution in [3.05, 3.63) is 71.9 Å². The fraction of sp³-hybridized carbons (Fsp3) is 0.217. The van der Waals surface area contributed by atoms with Crippen molar-refractivity contribution in [1.82, 2.24) is 9.88 Å². The van der Waals surface area contributed by atoms with Crippen molar-refractivity contribution >= 4 is 37.4 Å². The Bertz CT molecular complexity index is 1290. The van der Waals surface area contributed by atoms with E-state index in [9.17, 15) is 8.42 Å². The summed E-state index contributed by atoms with van der Waals surface area (Å²) in [5.74, 6) is 0. The molecule has 5 nitrogen and oxygen atoms in total. The first-order valence-electron chi connectivity index (χ1n) is 9.61. The lowest BCUT2D eigenvalue weighted by Crippen LogP contribution is -2.15. The average molecular weight is 408 g/mol. The number of fused-ring (bicyclic) bond motifs is 2. The van der Waals surface area contributed by atoms with Crippen LogP contribution in [-0.2, 0) is 16.4 Å². The molecule has 0 aliphatic heterocycles. The molecule has 29 heavy (non-hydrogen) atoms. The van der Waals surface area contributed by atoms with E-state index in [1.807, 2.05) is 69.7 Å². The molecule has 0 saturated carbocycles. The van der Waals surface area contributed by atoms with E-state index >= 15 is 0 Å². The van der Waals surface area contributed by atoms with Gasteiger partial charge in [0, 0.05) is 34.7 Å². The molecular formula is C23H25N3O2S. The second-order valence-electron chi connectivity index (χ2n) is 7.66. The monoisotopic (exact) mass is 407 g/mol. The Morgan fingerprint density at radius 3 is 2.48 bits per heavy atom. The highest BCUT2D eigenvalue weighted by Gasteiger charge is 2.18. The number of hydrogen-bond acceptors (Lipinski definition) is 3. The molecule has 0 radical (unpaired) electrons. The maximum absolute atomic E-state index is 13.2. The zero-order chi connectivity index (χ0) is 20.6. The molecule has 0 aliphatic rings. The Kier molecular flexibility index (Phi) is 5.06. The largest absolute Gasteiger partial charge is 0.361 e. The molecule has 0 aliphatic carbocycles. The molecule has 0 spiro atoms. The molecule has 0 bridgehead atoms. The van der Waals surface area contributed by atoms with Gasteiger partial charge in [-0.25, -0.2) is 8.42 Å². The number of benzene rings is 3. The fourth-order valence-electron chi connectivity index (χ4n) is 3.66. The Labute approximate surface area is 171 Å². The summed E-state index contributed by atoms with van der Waals surface area (Å²) < 4.78 is 29.1. The highest BCUT2D eigenvalue weighted by molar-refractivity contribution is 7.93. The predicted octanol–water partition coefficient (Wildman–Crippen LogP) is 4.53. The number of nitrogens with one attached hydrogen (secondary N) is 2. The van der Waals surface area contributed by atoms with Crippen LogP contribution in [0.5, 0.6) is 0 Å². The number of H-pyrrole nitrogens is 1. The number of aromatic nitrogens is 1. The third-order valence-corrected chi connectivity index (χ3v) is 6.68. The minimum Gasteiger partial charge on any atom is -0.361 e. The highest BCUT2D eigenvalue weighted by Crippen LogP contribution is 2.29. The summed E-state index contributed by atoms with van der Waals surface area (Å²) in [5.41, 5.74) is 3.80. The second-order valence-corrected chi connectivity index (χ2v) is 9.31. The summed E-state index contributed by atoms with van der Waals surface area (Å²) in [4.78, 5) is 5.69. The molecule has 0 atom stereocenters. The summed E-state index contributed by atoms with van der Waals surface area (Å²) in [7, 11) is 0.369. The number of aromatic amines is 1. The number of aryl methyl sites for hydroxylation is 1. The van der Waals surface area contributed by atoms with Crippen LogP contribution < -0.4 is 4.72 Å². The minimum atomic E-state index is -3.72. The smallest absolute Gasteiger partial charge is 0.262 e. The van der Waals surface area contributed by atoms with Crippen molar-refractivity contribution in [2.24, 2.45) is 0 Å². The van der Waals surface area contributed by atoms with Gasteiger partial charge in [-0.05, 0) is 68.2 Å². The van der Waals surface area contributed by atoms with Crippen LogP contribution in [0.15, 0.2) is 65.7 Å². The van der Waals surface area contributed by atoms with Gasteiger partial charge in [0.05, 0.1) is 4.90 Å². The van der Waals surface area contributed by atoms with E-state index in [1.165, 1.54) is 5.56 Å². The predicted molar refractivity (Wildman–Crippen MR) is 120 cm³/mol. The summed E-state index contributed by atoms with van der Waals surface area (Å²) in [5, 5.41) is 2.72. The van der Waals surface area contributed by atoms with Crippen molar-refractivity contribution in [1.29, 1.82) is 0 Å². The van der Waals surface area contributed by atoms with Crippen molar-refractivity contribution in [2.45, 2.75) is 18.2 Å². The highest BCUT2D eigenvalue weighted by atomic mass is 32.2. The first-order chi connectivity index (χ1) is 13.8. The van der Waals surface area contributed by atoms with Crippen LogP contribution >= 0.6 is 0 Å². The van der Waals surface area contributed by atoms with Gasteiger partial charge in [-0.2, -0.15) is 0 Å². The Morgan fingerprint density at radius 1 is 0.966 bits per heavy atom. The van der Waals surface area contributed by atoms with E-state index in [2.05, 4.69) is 14.6 Å². The van der Waals surface area contributed by atoms with Crippen molar-refractivity contribution < 1.29 is 8.42 Å². The standard InChI is InChI=1S/C23H25N3O2S/c1-16-8-11-23(20-7-5-4-6-19(16)20)29(27,28)25-18-9-10-22-21(14-18)17(15-24-22)12-13-26(2)3/h4-11,14-15,24-25H,12-13H2,1-3H3. The molecule has 1 aromatic heterocycles. The number of likely N-dealkylation sites (N-methyl/N-ethyl adjacent to an activating group) is 1. The van der Waals surface area contributed by atoms with Gasteiger partial charge in [0.15, 0.2) is 0 Å². The number of hydrogen-bond donors (Lipinski definition) is 2. The molecule has 0 amide bonds.